The highest BCUT2D eigenvalue weighted by Crippen LogP contribution is 2.21. The van der Waals surface area contributed by atoms with E-state index in [2.05, 4.69) is 4.98 Å². The third-order valence-electron chi connectivity index (χ3n) is 2.57. The maximum Gasteiger partial charge on any atom is 0.123 e. The van der Waals surface area contributed by atoms with Gasteiger partial charge in [-0.1, -0.05) is 12.1 Å². The standard InChI is InChI=1S/C13H15FN2S/c1-9-12(17-13(16-9)6-7-15)8-10-2-4-11(14)5-3-10/h2-5H,6-8,15H2,1H3. The van der Waals surface area contributed by atoms with Gasteiger partial charge in [0.1, 0.15) is 5.82 Å². The molecule has 0 radical (unpaired) electrons. The van der Waals surface area contributed by atoms with Crippen LogP contribution in [0.5, 0.6) is 0 Å². The van der Waals surface area contributed by atoms with E-state index >= 15 is 0 Å². The molecule has 1 aromatic carbocycles. The fourth-order valence-corrected chi connectivity index (χ4v) is 2.79. The van der Waals surface area contributed by atoms with Crippen molar-refractivity contribution in [1.29, 1.82) is 0 Å². The van der Waals surface area contributed by atoms with Crippen molar-refractivity contribution >= 4 is 11.3 Å². The molecule has 0 bridgehead atoms. The molecule has 0 aliphatic heterocycles. The molecule has 2 nitrogen and oxygen atoms in total. The van der Waals surface area contributed by atoms with Gasteiger partial charge < -0.3 is 5.73 Å². The predicted octanol–water partition coefficient (Wildman–Crippen LogP) is 2.68. The number of hydrogen-bond acceptors (Lipinski definition) is 3. The van der Waals surface area contributed by atoms with Crippen molar-refractivity contribution < 1.29 is 4.39 Å². The summed E-state index contributed by atoms with van der Waals surface area (Å²) in [5.74, 6) is -0.196. The summed E-state index contributed by atoms with van der Waals surface area (Å²) in [6.45, 7) is 2.64. The van der Waals surface area contributed by atoms with E-state index in [0.29, 0.717) is 6.54 Å². The summed E-state index contributed by atoms with van der Waals surface area (Å²) < 4.78 is 12.8. The van der Waals surface area contributed by atoms with Gasteiger partial charge in [0.15, 0.2) is 0 Å². The van der Waals surface area contributed by atoms with E-state index in [1.54, 1.807) is 11.3 Å². The molecule has 2 aromatic rings. The molecular formula is C13H15FN2S. The Morgan fingerprint density at radius 1 is 1.29 bits per heavy atom. The fourth-order valence-electron chi connectivity index (χ4n) is 1.67. The molecule has 1 heterocycles. The highest BCUT2D eigenvalue weighted by Gasteiger charge is 2.07. The minimum atomic E-state index is -0.196. The SMILES string of the molecule is Cc1nc(CCN)sc1Cc1ccc(F)cc1. The summed E-state index contributed by atoms with van der Waals surface area (Å²) >= 11 is 1.70. The van der Waals surface area contributed by atoms with Crippen LogP contribution < -0.4 is 5.73 Å². The molecule has 0 saturated heterocycles. The van der Waals surface area contributed by atoms with Crippen LogP contribution in [0.3, 0.4) is 0 Å². The van der Waals surface area contributed by atoms with E-state index in [1.165, 1.54) is 17.0 Å². The van der Waals surface area contributed by atoms with Crippen molar-refractivity contribution in [3.8, 4) is 0 Å². The lowest BCUT2D eigenvalue weighted by molar-refractivity contribution is 0.627. The second kappa shape index (κ2) is 5.38. The number of aromatic nitrogens is 1. The van der Waals surface area contributed by atoms with E-state index < -0.39 is 0 Å². The molecule has 0 aliphatic carbocycles. The van der Waals surface area contributed by atoms with Crippen LogP contribution in [0, 0.1) is 12.7 Å². The van der Waals surface area contributed by atoms with E-state index in [4.69, 9.17) is 5.73 Å². The Morgan fingerprint density at radius 3 is 2.65 bits per heavy atom. The number of thiazole rings is 1. The summed E-state index contributed by atoms with van der Waals surface area (Å²) in [7, 11) is 0. The lowest BCUT2D eigenvalue weighted by Crippen LogP contribution is -2.01. The summed E-state index contributed by atoms with van der Waals surface area (Å²) in [4.78, 5) is 5.71. The van der Waals surface area contributed by atoms with Gasteiger partial charge in [-0.05, 0) is 31.2 Å². The first-order valence-corrected chi connectivity index (χ1v) is 6.40. The summed E-state index contributed by atoms with van der Waals surface area (Å²) in [6, 6.07) is 6.62. The average molecular weight is 250 g/mol. The Labute approximate surface area is 104 Å². The number of benzene rings is 1. The first kappa shape index (κ1) is 12.2. The zero-order valence-corrected chi connectivity index (χ0v) is 10.6. The van der Waals surface area contributed by atoms with Gasteiger partial charge in [-0.3, -0.25) is 0 Å². The maximum absolute atomic E-state index is 12.8. The fraction of sp³-hybridized carbons (Fsp3) is 0.308. The molecule has 90 valence electrons. The van der Waals surface area contributed by atoms with Crippen LogP contribution in [0.25, 0.3) is 0 Å². The van der Waals surface area contributed by atoms with Gasteiger partial charge in [0.25, 0.3) is 0 Å². The van der Waals surface area contributed by atoms with Crippen LogP contribution in [0.1, 0.15) is 21.1 Å². The van der Waals surface area contributed by atoms with Crippen molar-refractivity contribution in [3.05, 3.63) is 51.2 Å². The zero-order chi connectivity index (χ0) is 12.3. The smallest absolute Gasteiger partial charge is 0.123 e. The predicted molar refractivity (Wildman–Crippen MR) is 68.8 cm³/mol. The average Bonchev–Trinajstić information content (AvgIpc) is 2.63. The monoisotopic (exact) mass is 250 g/mol. The number of aryl methyl sites for hydroxylation is 1. The van der Waals surface area contributed by atoms with Gasteiger partial charge in [0.05, 0.1) is 10.7 Å². The second-order valence-electron chi connectivity index (χ2n) is 3.96. The number of hydrogen-bond donors (Lipinski definition) is 1. The molecule has 2 rings (SSSR count). The Hall–Kier alpha value is -1.26. The first-order chi connectivity index (χ1) is 8.19. The van der Waals surface area contributed by atoms with E-state index in [0.717, 1.165) is 29.1 Å². The Morgan fingerprint density at radius 2 is 2.00 bits per heavy atom. The van der Waals surface area contributed by atoms with E-state index in [1.807, 2.05) is 19.1 Å². The topological polar surface area (TPSA) is 38.9 Å². The van der Waals surface area contributed by atoms with Crippen LogP contribution >= 0.6 is 11.3 Å². The van der Waals surface area contributed by atoms with Crippen LogP contribution in [-0.2, 0) is 12.8 Å². The van der Waals surface area contributed by atoms with E-state index in [9.17, 15) is 4.39 Å². The molecular weight excluding hydrogens is 235 g/mol. The van der Waals surface area contributed by atoms with Gasteiger partial charge in [0.2, 0.25) is 0 Å². The Bertz CT molecular complexity index is 491. The molecule has 0 amide bonds. The Balaban J connectivity index is 2.15. The molecule has 0 fully saturated rings. The number of rotatable bonds is 4. The largest absolute Gasteiger partial charge is 0.330 e. The van der Waals surface area contributed by atoms with Gasteiger partial charge in [-0.2, -0.15) is 0 Å². The van der Waals surface area contributed by atoms with Gasteiger partial charge in [0, 0.05) is 17.7 Å². The Kier molecular flexibility index (Phi) is 3.86. The lowest BCUT2D eigenvalue weighted by atomic mass is 10.1. The molecule has 17 heavy (non-hydrogen) atoms. The highest BCUT2D eigenvalue weighted by atomic mass is 32.1. The lowest BCUT2D eigenvalue weighted by Gasteiger charge is -1.99. The van der Waals surface area contributed by atoms with Crippen molar-refractivity contribution in [3.63, 3.8) is 0 Å². The number of nitrogens with zero attached hydrogens (tertiary/aromatic N) is 1. The van der Waals surface area contributed by atoms with Crippen molar-refractivity contribution in [1.82, 2.24) is 4.98 Å². The maximum atomic E-state index is 12.8. The van der Waals surface area contributed by atoms with Crippen LogP contribution in [0.15, 0.2) is 24.3 Å². The van der Waals surface area contributed by atoms with Gasteiger partial charge in [-0.25, -0.2) is 9.37 Å². The third-order valence-corrected chi connectivity index (χ3v) is 3.79. The molecule has 4 heteroatoms. The number of nitrogens with two attached hydrogens (primary N) is 1. The van der Waals surface area contributed by atoms with Crippen LogP contribution in [0.4, 0.5) is 4.39 Å². The molecule has 0 aliphatic rings. The molecule has 0 spiro atoms. The molecule has 0 saturated carbocycles. The van der Waals surface area contributed by atoms with Gasteiger partial charge >= 0.3 is 0 Å². The second-order valence-corrected chi connectivity index (χ2v) is 5.13. The van der Waals surface area contributed by atoms with Crippen molar-refractivity contribution in [2.75, 3.05) is 6.54 Å². The normalized spacial score (nSPS) is 10.8. The third kappa shape index (κ3) is 3.11. The molecule has 0 atom stereocenters. The van der Waals surface area contributed by atoms with Crippen LogP contribution in [-0.4, -0.2) is 11.5 Å². The van der Waals surface area contributed by atoms with Gasteiger partial charge in [-0.15, -0.1) is 11.3 Å². The highest BCUT2D eigenvalue weighted by molar-refractivity contribution is 7.11. The molecule has 0 unspecified atom stereocenters. The van der Waals surface area contributed by atoms with Crippen LogP contribution in [0.2, 0.25) is 0 Å². The summed E-state index contributed by atoms with van der Waals surface area (Å²) in [6.07, 6.45) is 1.64. The minimum Gasteiger partial charge on any atom is -0.330 e. The number of halogens is 1. The summed E-state index contributed by atoms with van der Waals surface area (Å²) in [5.41, 5.74) is 7.68. The minimum absolute atomic E-state index is 0.196. The first-order valence-electron chi connectivity index (χ1n) is 5.58. The zero-order valence-electron chi connectivity index (χ0n) is 9.74. The quantitative estimate of drug-likeness (QED) is 0.906. The van der Waals surface area contributed by atoms with Crippen molar-refractivity contribution in [2.24, 2.45) is 5.73 Å². The van der Waals surface area contributed by atoms with Crippen molar-refractivity contribution in [2.45, 2.75) is 19.8 Å². The van der Waals surface area contributed by atoms with E-state index in [-0.39, 0.29) is 5.82 Å². The summed E-state index contributed by atoms with van der Waals surface area (Å²) in [5, 5.41) is 1.09. The molecule has 2 N–H and O–H groups in total. The molecule has 1 aromatic heterocycles.